The first-order chi connectivity index (χ1) is 11.9. The van der Waals surface area contributed by atoms with Crippen molar-refractivity contribution in [3.63, 3.8) is 0 Å². The van der Waals surface area contributed by atoms with Crippen LogP contribution < -0.4 is 16.0 Å². The van der Waals surface area contributed by atoms with Gasteiger partial charge >= 0.3 is 0 Å². The van der Waals surface area contributed by atoms with Crippen LogP contribution in [0.2, 0.25) is 5.02 Å². The lowest BCUT2D eigenvalue weighted by molar-refractivity contribution is -0.127. The van der Waals surface area contributed by atoms with Gasteiger partial charge in [0, 0.05) is 17.1 Å². The monoisotopic (exact) mass is 367 g/mol. The molecule has 1 aromatic rings. The second-order valence-corrected chi connectivity index (χ2v) is 6.35. The first kappa shape index (κ1) is 21.0. The Labute approximate surface area is 153 Å². The Morgan fingerprint density at radius 2 is 1.72 bits per heavy atom. The van der Waals surface area contributed by atoms with Gasteiger partial charge in [-0.05, 0) is 36.6 Å². The Balaban J connectivity index is 2.69. The van der Waals surface area contributed by atoms with E-state index in [2.05, 4.69) is 16.0 Å². The molecule has 0 radical (unpaired) electrons. The van der Waals surface area contributed by atoms with E-state index in [9.17, 15) is 14.4 Å². The Morgan fingerprint density at radius 1 is 1.08 bits per heavy atom. The molecule has 0 aliphatic rings. The molecule has 25 heavy (non-hydrogen) atoms. The molecular weight excluding hydrogens is 342 g/mol. The predicted molar refractivity (Wildman–Crippen MR) is 98.5 cm³/mol. The molecule has 6 nitrogen and oxygen atoms in total. The molecule has 2 atom stereocenters. The topological polar surface area (TPSA) is 87.3 Å². The maximum Gasteiger partial charge on any atom is 0.251 e. The molecule has 0 aromatic heterocycles. The van der Waals surface area contributed by atoms with Gasteiger partial charge in [0.05, 0.1) is 6.54 Å². The predicted octanol–water partition coefficient (Wildman–Crippen LogP) is 2.13. The van der Waals surface area contributed by atoms with Crippen LogP contribution in [0.25, 0.3) is 0 Å². The number of benzene rings is 1. The first-order valence-electron chi connectivity index (χ1n) is 8.49. The van der Waals surface area contributed by atoms with E-state index >= 15 is 0 Å². The van der Waals surface area contributed by atoms with Gasteiger partial charge in [-0.15, -0.1) is 0 Å². The van der Waals surface area contributed by atoms with Crippen molar-refractivity contribution in [2.75, 3.05) is 13.1 Å². The highest BCUT2D eigenvalue weighted by Gasteiger charge is 2.26. The van der Waals surface area contributed by atoms with E-state index in [1.165, 1.54) is 0 Å². The normalized spacial score (nSPS) is 12.8. The Morgan fingerprint density at radius 3 is 2.28 bits per heavy atom. The van der Waals surface area contributed by atoms with Crippen molar-refractivity contribution in [2.24, 2.45) is 5.92 Å². The maximum atomic E-state index is 12.4. The molecule has 3 amide bonds. The summed E-state index contributed by atoms with van der Waals surface area (Å²) in [4.78, 5) is 36.4. The Kier molecular flexibility index (Phi) is 8.99. The molecule has 1 aromatic carbocycles. The largest absolute Gasteiger partial charge is 0.355 e. The molecule has 0 aliphatic carbocycles. The zero-order valence-corrected chi connectivity index (χ0v) is 15.7. The summed E-state index contributed by atoms with van der Waals surface area (Å²) in [5, 5.41) is 8.55. The third kappa shape index (κ3) is 7.13. The number of rotatable bonds is 9. The van der Waals surface area contributed by atoms with Gasteiger partial charge in [0.15, 0.2) is 0 Å². The zero-order valence-electron chi connectivity index (χ0n) is 14.9. The molecule has 0 saturated carbocycles. The standard InChI is InChI=1S/C18H26ClN3O3/c1-4-10-20-15(23)11-21-18(25)16(12(3)5-2)22-17(24)13-6-8-14(19)9-7-13/h6-9,12,16H,4-5,10-11H2,1-3H3,(H,20,23)(H,21,25)(H,22,24)/t12-,16-/m0/s1. The van der Waals surface area contributed by atoms with Crippen LogP contribution in [0.1, 0.15) is 44.0 Å². The van der Waals surface area contributed by atoms with Crippen molar-refractivity contribution in [3.05, 3.63) is 34.9 Å². The fourth-order valence-electron chi connectivity index (χ4n) is 2.13. The lowest BCUT2D eigenvalue weighted by atomic mass is 9.98. The third-order valence-electron chi connectivity index (χ3n) is 3.88. The highest BCUT2D eigenvalue weighted by molar-refractivity contribution is 6.30. The Bertz CT molecular complexity index is 590. The van der Waals surface area contributed by atoms with Gasteiger partial charge in [-0.2, -0.15) is 0 Å². The van der Waals surface area contributed by atoms with E-state index in [0.717, 1.165) is 6.42 Å². The van der Waals surface area contributed by atoms with Crippen LogP contribution >= 0.6 is 11.6 Å². The minimum atomic E-state index is -0.716. The molecule has 0 saturated heterocycles. The first-order valence-corrected chi connectivity index (χ1v) is 8.87. The number of carbonyl (C=O) groups excluding carboxylic acids is 3. The number of carbonyl (C=O) groups is 3. The smallest absolute Gasteiger partial charge is 0.251 e. The molecule has 0 aliphatic heterocycles. The van der Waals surface area contributed by atoms with Crippen molar-refractivity contribution in [2.45, 2.75) is 39.7 Å². The fourth-order valence-corrected chi connectivity index (χ4v) is 2.26. The summed E-state index contributed by atoms with van der Waals surface area (Å²) >= 11 is 5.82. The van der Waals surface area contributed by atoms with Gasteiger partial charge in [0.2, 0.25) is 11.8 Å². The minimum Gasteiger partial charge on any atom is -0.355 e. The molecule has 0 heterocycles. The second kappa shape index (κ2) is 10.7. The van der Waals surface area contributed by atoms with E-state index in [-0.39, 0.29) is 30.2 Å². The van der Waals surface area contributed by atoms with Gasteiger partial charge < -0.3 is 16.0 Å². The average Bonchev–Trinajstić information content (AvgIpc) is 2.62. The second-order valence-electron chi connectivity index (χ2n) is 5.91. The van der Waals surface area contributed by atoms with Gasteiger partial charge in [0.1, 0.15) is 6.04 Å². The van der Waals surface area contributed by atoms with E-state index in [0.29, 0.717) is 23.6 Å². The van der Waals surface area contributed by atoms with E-state index < -0.39 is 6.04 Å². The van der Waals surface area contributed by atoms with Crippen LogP contribution in [0.15, 0.2) is 24.3 Å². The van der Waals surface area contributed by atoms with Crippen LogP contribution in [0.4, 0.5) is 0 Å². The summed E-state index contributed by atoms with van der Waals surface area (Å²) in [5.74, 6) is -1.05. The molecule has 0 bridgehead atoms. The molecule has 3 N–H and O–H groups in total. The third-order valence-corrected chi connectivity index (χ3v) is 4.14. The lowest BCUT2D eigenvalue weighted by Crippen LogP contribution is -2.51. The summed E-state index contributed by atoms with van der Waals surface area (Å²) in [6.45, 7) is 6.22. The van der Waals surface area contributed by atoms with Crippen LogP contribution in [0, 0.1) is 5.92 Å². The zero-order chi connectivity index (χ0) is 18.8. The van der Waals surface area contributed by atoms with E-state index in [1.54, 1.807) is 24.3 Å². The summed E-state index contributed by atoms with van der Waals surface area (Å²) in [6.07, 6.45) is 1.54. The molecular formula is C18H26ClN3O3. The highest BCUT2D eigenvalue weighted by Crippen LogP contribution is 2.12. The quantitative estimate of drug-likeness (QED) is 0.624. The van der Waals surface area contributed by atoms with Crippen molar-refractivity contribution in [1.29, 1.82) is 0 Å². The fraction of sp³-hybridized carbons (Fsp3) is 0.500. The van der Waals surface area contributed by atoms with E-state index in [1.807, 2.05) is 20.8 Å². The number of hydrogen-bond acceptors (Lipinski definition) is 3. The van der Waals surface area contributed by atoms with E-state index in [4.69, 9.17) is 11.6 Å². The number of nitrogens with one attached hydrogen (secondary N) is 3. The molecule has 1 rings (SSSR count). The molecule has 0 fully saturated rings. The Hall–Kier alpha value is -2.08. The van der Waals surface area contributed by atoms with Crippen molar-refractivity contribution >= 4 is 29.3 Å². The summed E-state index contributed by atoms with van der Waals surface area (Å²) < 4.78 is 0. The molecule has 0 spiro atoms. The van der Waals surface area contributed by atoms with Crippen LogP contribution in [-0.2, 0) is 9.59 Å². The minimum absolute atomic E-state index is 0.0741. The summed E-state index contributed by atoms with van der Waals surface area (Å²) in [7, 11) is 0. The molecule has 138 valence electrons. The van der Waals surface area contributed by atoms with Crippen molar-refractivity contribution in [1.82, 2.24) is 16.0 Å². The van der Waals surface area contributed by atoms with Gasteiger partial charge in [-0.25, -0.2) is 0 Å². The van der Waals surface area contributed by atoms with Crippen LogP contribution in [0.5, 0.6) is 0 Å². The van der Waals surface area contributed by atoms with Gasteiger partial charge in [0.25, 0.3) is 5.91 Å². The maximum absolute atomic E-state index is 12.4. The SMILES string of the molecule is CCCNC(=O)CNC(=O)[C@@H](NC(=O)c1ccc(Cl)cc1)[C@@H](C)CC. The number of hydrogen-bond donors (Lipinski definition) is 3. The van der Waals surface area contributed by atoms with Crippen LogP contribution in [-0.4, -0.2) is 36.9 Å². The number of amides is 3. The summed E-state index contributed by atoms with van der Waals surface area (Å²) in [6, 6.07) is 5.72. The van der Waals surface area contributed by atoms with Gasteiger partial charge in [-0.3, -0.25) is 14.4 Å². The highest BCUT2D eigenvalue weighted by atomic mass is 35.5. The lowest BCUT2D eigenvalue weighted by Gasteiger charge is -2.23. The van der Waals surface area contributed by atoms with Crippen molar-refractivity contribution < 1.29 is 14.4 Å². The average molecular weight is 368 g/mol. The summed E-state index contributed by atoms with van der Waals surface area (Å²) in [5.41, 5.74) is 0.422. The van der Waals surface area contributed by atoms with Crippen LogP contribution in [0.3, 0.4) is 0 Å². The molecule has 0 unspecified atom stereocenters. The van der Waals surface area contributed by atoms with Crippen molar-refractivity contribution in [3.8, 4) is 0 Å². The number of halogens is 1. The molecule has 7 heteroatoms. The van der Waals surface area contributed by atoms with Gasteiger partial charge in [-0.1, -0.05) is 38.8 Å².